The number of primary amides is 1. The summed E-state index contributed by atoms with van der Waals surface area (Å²) >= 11 is 3.52. The molecule has 0 spiro atoms. The zero-order chi connectivity index (χ0) is 18.7. The van der Waals surface area contributed by atoms with E-state index in [2.05, 4.69) is 26.6 Å². The van der Waals surface area contributed by atoms with Crippen LogP contribution in [0.3, 0.4) is 0 Å². The van der Waals surface area contributed by atoms with Crippen molar-refractivity contribution >= 4 is 33.6 Å². The summed E-state index contributed by atoms with van der Waals surface area (Å²) in [6.07, 6.45) is 0. The molecule has 1 unspecified atom stereocenters. The SMILES string of the molecule is CC(NC(=O)c1ccc(NC(N)=O)cc1)c1cc2c(cc1Br)OCCO2. The number of carbonyl (C=O) groups is 2. The van der Waals surface area contributed by atoms with Crippen molar-refractivity contribution in [2.24, 2.45) is 5.73 Å². The van der Waals surface area contributed by atoms with E-state index in [9.17, 15) is 9.59 Å². The number of hydrogen-bond donors (Lipinski definition) is 3. The molecule has 8 heteroatoms. The van der Waals surface area contributed by atoms with Crippen LogP contribution in [-0.4, -0.2) is 25.2 Å². The molecule has 2 aromatic carbocycles. The first-order valence-corrected chi connectivity index (χ1v) is 8.80. The predicted octanol–water partition coefficient (Wildman–Crippen LogP) is 3.20. The Hall–Kier alpha value is -2.74. The number of ether oxygens (including phenoxy) is 2. The number of benzene rings is 2. The maximum Gasteiger partial charge on any atom is 0.316 e. The molecule has 0 saturated heterocycles. The fraction of sp³-hybridized carbons (Fsp3) is 0.222. The van der Waals surface area contributed by atoms with Crippen LogP contribution in [0.5, 0.6) is 11.5 Å². The Balaban J connectivity index is 1.72. The van der Waals surface area contributed by atoms with E-state index in [0.717, 1.165) is 10.0 Å². The van der Waals surface area contributed by atoms with Gasteiger partial charge in [-0.2, -0.15) is 0 Å². The first-order valence-electron chi connectivity index (χ1n) is 8.00. The third-order valence-corrected chi connectivity index (χ3v) is 4.58. The van der Waals surface area contributed by atoms with Gasteiger partial charge in [0.15, 0.2) is 11.5 Å². The van der Waals surface area contributed by atoms with E-state index in [1.54, 1.807) is 24.3 Å². The average Bonchev–Trinajstić information content (AvgIpc) is 2.61. The van der Waals surface area contributed by atoms with Crippen molar-refractivity contribution in [1.29, 1.82) is 0 Å². The number of rotatable bonds is 4. The number of nitrogens with one attached hydrogen (secondary N) is 2. The molecule has 4 N–H and O–H groups in total. The van der Waals surface area contributed by atoms with Crippen LogP contribution in [0.2, 0.25) is 0 Å². The van der Waals surface area contributed by atoms with Crippen LogP contribution < -0.4 is 25.8 Å². The molecule has 2 aromatic rings. The second kappa shape index (κ2) is 7.65. The average molecular weight is 420 g/mol. The summed E-state index contributed by atoms with van der Waals surface area (Å²) < 4.78 is 12.0. The molecule has 1 heterocycles. The van der Waals surface area contributed by atoms with E-state index >= 15 is 0 Å². The van der Waals surface area contributed by atoms with Gasteiger partial charge >= 0.3 is 6.03 Å². The molecule has 0 aliphatic carbocycles. The molecule has 7 nitrogen and oxygen atoms in total. The molecule has 3 amide bonds. The van der Waals surface area contributed by atoms with E-state index in [1.807, 2.05) is 19.1 Å². The molecule has 1 aliphatic rings. The molecule has 0 radical (unpaired) electrons. The van der Waals surface area contributed by atoms with E-state index in [0.29, 0.717) is 36.0 Å². The van der Waals surface area contributed by atoms with Gasteiger partial charge in [0.25, 0.3) is 5.91 Å². The normalized spacial score (nSPS) is 13.6. The number of anilines is 1. The second-order valence-corrected chi connectivity index (χ2v) is 6.63. The summed E-state index contributed by atoms with van der Waals surface area (Å²) in [5.74, 6) is 1.12. The molecular formula is C18H18BrN3O4. The molecule has 3 rings (SSSR count). The summed E-state index contributed by atoms with van der Waals surface area (Å²) in [6, 6.07) is 9.27. The van der Waals surface area contributed by atoms with Gasteiger partial charge in [0.2, 0.25) is 0 Å². The van der Waals surface area contributed by atoms with E-state index in [-0.39, 0.29) is 11.9 Å². The van der Waals surface area contributed by atoms with Crippen molar-refractivity contribution in [3.8, 4) is 11.5 Å². The van der Waals surface area contributed by atoms with Gasteiger partial charge in [-0.25, -0.2) is 4.79 Å². The number of hydrogen-bond acceptors (Lipinski definition) is 4. The minimum absolute atomic E-state index is 0.232. The molecule has 0 saturated carbocycles. The van der Waals surface area contributed by atoms with E-state index in [4.69, 9.17) is 15.2 Å². The summed E-state index contributed by atoms with van der Waals surface area (Å²) in [7, 11) is 0. The van der Waals surface area contributed by atoms with Gasteiger partial charge in [-0.1, -0.05) is 15.9 Å². The van der Waals surface area contributed by atoms with Gasteiger partial charge < -0.3 is 25.8 Å². The van der Waals surface area contributed by atoms with Crippen molar-refractivity contribution in [1.82, 2.24) is 5.32 Å². The molecule has 1 aliphatic heterocycles. The highest BCUT2D eigenvalue weighted by atomic mass is 79.9. The zero-order valence-electron chi connectivity index (χ0n) is 14.0. The van der Waals surface area contributed by atoms with Gasteiger partial charge in [-0.15, -0.1) is 0 Å². The molecule has 136 valence electrons. The summed E-state index contributed by atoms with van der Waals surface area (Å²) in [4.78, 5) is 23.3. The lowest BCUT2D eigenvalue weighted by molar-refractivity contribution is 0.0939. The monoisotopic (exact) mass is 419 g/mol. The van der Waals surface area contributed by atoms with Crippen molar-refractivity contribution in [3.05, 3.63) is 52.0 Å². The van der Waals surface area contributed by atoms with E-state index < -0.39 is 6.03 Å². The Bertz CT molecular complexity index is 839. The third-order valence-electron chi connectivity index (χ3n) is 3.89. The fourth-order valence-corrected chi connectivity index (χ4v) is 3.28. The summed E-state index contributed by atoms with van der Waals surface area (Å²) in [5, 5.41) is 5.39. The molecule has 0 fully saturated rings. The Morgan fingerprint density at radius 3 is 2.35 bits per heavy atom. The van der Waals surface area contributed by atoms with Crippen LogP contribution in [0.25, 0.3) is 0 Å². The first-order chi connectivity index (χ1) is 12.4. The summed E-state index contributed by atoms with van der Waals surface area (Å²) in [6.45, 7) is 2.91. The van der Waals surface area contributed by atoms with Gasteiger partial charge in [0, 0.05) is 15.7 Å². The van der Waals surface area contributed by atoms with Crippen LogP contribution in [0.15, 0.2) is 40.9 Å². The number of fused-ring (bicyclic) bond motifs is 1. The van der Waals surface area contributed by atoms with Gasteiger partial charge in [-0.3, -0.25) is 4.79 Å². The smallest absolute Gasteiger partial charge is 0.316 e. The highest BCUT2D eigenvalue weighted by Crippen LogP contribution is 2.37. The predicted molar refractivity (Wildman–Crippen MR) is 101 cm³/mol. The quantitative estimate of drug-likeness (QED) is 0.707. The highest BCUT2D eigenvalue weighted by molar-refractivity contribution is 9.10. The largest absolute Gasteiger partial charge is 0.486 e. The summed E-state index contributed by atoms with van der Waals surface area (Å²) in [5.41, 5.74) is 6.94. The Kier molecular flexibility index (Phi) is 5.32. The van der Waals surface area contributed by atoms with Crippen LogP contribution in [0.4, 0.5) is 10.5 Å². The first kappa shape index (κ1) is 18.1. The van der Waals surface area contributed by atoms with Crippen molar-refractivity contribution in [3.63, 3.8) is 0 Å². The number of nitrogens with two attached hydrogens (primary N) is 1. The van der Waals surface area contributed by atoms with Crippen LogP contribution >= 0.6 is 15.9 Å². The maximum atomic E-state index is 12.5. The molecule has 26 heavy (non-hydrogen) atoms. The molecule has 1 atom stereocenters. The standard InChI is InChI=1S/C18H18BrN3O4/c1-10(13-8-15-16(9-14(13)19)26-7-6-25-15)21-17(23)11-2-4-12(5-3-11)22-18(20)24/h2-5,8-10H,6-7H2,1H3,(H,21,23)(H3,20,22,24). The van der Waals surface area contributed by atoms with Gasteiger partial charge in [0.05, 0.1) is 6.04 Å². The van der Waals surface area contributed by atoms with Crippen LogP contribution in [0.1, 0.15) is 28.9 Å². The zero-order valence-corrected chi connectivity index (χ0v) is 15.6. The van der Waals surface area contributed by atoms with Gasteiger partial charge in [0.1, 0.15) is 13.2 Å². The Morgan fingerprint density at radius 1 is 1.12 bits per heavy atom. The molecule has 0 bridgehead atoms. The number of amides is 3. The minimum Gasteiger partial charge on any atom is -0.486 e. The van der Waals surface area contributed by atoms with Crippen LogP contribution in [-0.2, 0) is 0 Å². The molecular weight excluding hydrogens is 402 g/mol. The van der Waals surface area contributed by atoms with E-state index in [1.165, 1.54) is 0 Å². The number of carbonyl (C=O) groups excluding carboxylic acids is 2. The number of urea groups is 1. The highest BCUT2D eigenvalue weighted by Gasteiger charge is 2.19. The Labute approximate surface area is 159 Å². The van der Waals surface area contributed by atoms with Crippen molar-refractivity contribution in [2.45, 2.75) is 13.0 Å². The number of halogens is 1. The minimum atomic E-state index is -0.653. The van der Waals surface area contributed by atoms with Crippen molar-refractivity contribution in [2.75, 3.05) is 18.5 Å². The lowest BCUT2D eigenvalue weighted by atomic mass is 10.1. The fourth-order valence-electron chi connectivity index (χ4n) is 2.62. The third kappa shape index (κ3) is 4.08. The topological polar surface area (TPSA) is 103 Å². The lowest BCUT2D eigenvalue weighted by Crippen LogP contribution is -2.27. The lowest BCUT2D eigenvalue weighted by Gasteiger charge is -2.22. The molecule has 0 aromatic heterocycles. The Morgan fingerprint density at radius 2 is 1.73 bits per heavy atom. The van der Waals surface area contributed by atoms with Crippen molar-refractivity contribution < 1.29 is 19.1 Å². The second-order valence-electron chi connectivity index (χ2n) is 5.78. The maximum absolute atomic E-state index is 12.5. The van der Waals surface area contributed by atoms with Gasteiger partial charge in [-0.05, 0) is 48.9 Å². The van der Waals surface area contributed by atoms with Crippen LogP contribution in [0, 0.1) is 0 Å².